The fourth-order valence-corrected chi connectivity index (χ4v) is 4.94. The molecule has 162 valence electrons. The monoisotopic (exact) mass is 445 g/mol. The van der Waals surface area contributed by atoms with Crippen LogP contribution in [0.1, 0.15) is 56.7 Å². The molecule has 10 heteroatoms. The van der Waals surface area contributed by atoms with Crippen molar-refractivity contribution in [3.8, 4) is 17.5 Å². The van der Waals surface area contributed by atoms with Crippen molar-refractivity contribution in [3.05, 3.63) is 41.7 Å². The predicted octanol–water partition coefficient (Wildman–Crippen LogP) is 4.32. The van der Waals surface area contributed by atoms with Crippen molar-refractivity contribution >= 4 is 21.1 Å². The van der Waals surface area contributed by atoms with E-state index >= 15 is 0 Å². The molecule has 0 bridgehead atoms. The lowest BCUT2D eigenvalue weighted by molar-refractivity contribution is 0.151. The number of nitriles is 1. The van der Waals surface area contributed by atoms with Gasteiger partial charge in [0.05, 0.1) is 17.0 Å². The molecule has 1 aliphatic carbocycles. The maximum atomic E-state index is 13.2. The molecule has 0 unspecified atom stereocenters. The number of halogens is 2. The second-order valence-electron chi connectivity index (χ2n) is 7.89. The minimum absolute atomic E-state index is 0.00729. The van der Waals surface area contributed by atoms with Crippen molar-refractivity contribution in [2.45, 2.75) is 56.5 Å². The van der Waals surface area contributed by atoms with Crippen LogP contribution in [-0.4, -0.2) is 29.0 Å². The standard InChI is InChI=1S/C21H21F2N5O2S/c1-12(2)27-31(29,30)15-6-7-18(25-11-15)19-17(9-24)16-8-13(20(22)23)10-26-21(16)28(19)14-4-3-5-14/h6-8,10-12,14,20,27H,3-5H2,1-2H3. The first-order valence-electron chi connectivity index (χ1n) is 9.93. The van der Waals surface area contributed by atoms with Crippen molar-refractivity contribution in [3.63, 3.8) is 0 Å². The summed E-state index contributed by atoms with van der Waals surface area (Å²) in [6, 6.07) is 6.19. The number of fused-ring (bicyclic) bond motifs is 1. The van der Waals surface area contributed by atoms with Gasteiger partial charge in [-0.25, -0.2) is 26.9 Å². The highest BCUT2D eigenvalue weighted by Gasteiger charge is 2.30. The lowest BCUT2D eigenvalue weighted by atomic mass is 9.92. The van der Waals surface area contributed by atoms with Gasteiger partial charge >= 0.3 is 0 Å². The van der Waals surface area contributed by atoms with Crippen LogP contribution in [0.5, 0.6) is 0 Å². The summed E-state index contributed by atoms with van der Waals surface area (Å²) in [6.45, 7) is 3.44. The van der Waals surface area contributed by atoms with Crippen LogP contribution in [0.3, 0.4) is 0 Å². The van der Waals surface area contributed by atoms with Crippen LogP contribution in [0, 0.1) is 11.3 Å². The highest BCUT2D eigenvalue weighted by atomic mass is 32.2. The van der Waals surface area contributed by atoms with Gasteiger partial charge < -0.3 is 4.57 Å². The number of aromatic nitrogens is 3. The zero-order valence-corrected chi connectivity index (χ0v) is 17.8. The Kier molecular flexibility index (Phi) is 5.49. The average Bonchev–Trinajstić information content (AvgIpc) is 2.99. The normalized spacial score (nSPS) is 14.9. The molecule has 1 fully saturated rings. The van der Waals surface area contributed by atoms with Crippen LogP contribution in [0.15, 0.2) is 35.5 Å². The zero-order valence-electron chi connectivity index (χ0n) is 17.0. The number of rotatable bonds is 6. The highest BCUT2D eigenvalue weighted by Crippen LogP contribution is 2.42. The van der Waals surface area contributed by atoms with Crippen molar-refractivity contribution < 1.29 is 17.2 Å². The van der Waals surface area contributed by atoms with Gasteiger partial charge in [-0.3, -0.25) is 4.98 Å². The maximum absolute atomic E-state index is 13.2. The van der Waals surface area contributed by atoms with E-state index in [1.54, 1.807) is 13.8 Å². The van der Waals surface area contributed by atoms with E-state index in [1.165, 1.54) is 24.4 Å². The first-order chi connectivity index (χ1) is 14.7. The van der Waals surface area contributed by atoms with E-state index in [0.29, 0.717) is 22.4 Å². The van der Waals surface area contributed by atoms with Gasteiger partial charge in [0.2, 0.25) is 10.0 Å². The van der Waals surface area contributed by atoms with E-state index in [-0.39, 0.29) is 28.1 Å². The topological polar surface area (TPSA) is 101 Å². The lowest BCUT2D eigenvalue weighted by Crippen LogP contribution is -2.30. The predicted molar refractivity (Wildman–Crippen MR) is 111 cm³/mol. The lowest BCUT2D eigenvalue weighted by Gasteiger charge is -2.29. The van der Waals surface area contributed by atoms with Crippen molar-refractivity contribution in [2.24, 2.45) is 0 Å². The zero-order chi connectivity index (χ0) is 22.3. The highest BCUT2D eigenvalue weighted by molar-refractivity contribution is 7.89. The second-order valence-corrected chi connectivity index (χ2v) is 9.60. The molecular weight excluding hydrogens is 424 g/mol. The summed E-state index contributed by atoms with van der Waals surface area (Å²) in [6.07, 6.45) is 2.45. The molecule has 0 spiro atoms. The van der Waals surface area contributed by atoms with Gasteiger partial charge in [0.1, 0.15) is 16.6 Å². The molecule has 7 nitrogen and oxygen atoms in total. The number of nitrogens with one attached hydrogen (secondary N) is 1. The Morgan fingerprint density at radius 3 is 2.48 bits per heavy atom. The molecule has 1 N–H and O–H groups in total. The second kappa shape index (κ2) is 7.98. The Balaban J connectivity index is 1.89. The quantitative estimate of drug-likeness (QED) is 0.609. The molecule has 0 atom stereocenters. The molecule has 0 amide bonds. The first-order valence-corrected chi connectivity index (χ1v) is 11.4. The summed E-state index contributed by atoms with van der Waals surface area (Å²) in [5, 5.41) is 10.2. The third kappa shape index (κ3) is 3.79. The fourth-order valence-electron chi connectivity index (χ4n) is 3.75. The molecule has 0 saturated heterocycles. The molecule has 3 heterocycles. The minimum atomic E-state index is -3.71. The van der Waals surface area contributed by atoms with Gasteiger partial charge in [-0.1, -0.05) is 0 Å². The van der Waals surface area contributed by atoms with E-state index in [9.17, 15) is 22.5 Å². The first kappa shape index (κ1) is 21.3. The van der Waals surface area contributed by atoms with Gasteiger partial charge in [-0.05, 0) is 51.3 Å². The number of alkyl halides is 2. The third-order valence-electron chi connectivity index (χ3n) is 5.35. The summed E-state index contributed by atoms with van der Waals surface area (Å²) in [5.41, 5.74) is 1.28. The van der Waals surface area contributed by atoms with E-state index < -0.39 is 16.4 Å². The van der Waals surface area contributed by atoms with Crippen molar-refractivity contribution in [2.75, 3.05) is 0 Å². The Labute approximate surface area is 178 Å². The number of hydrogen-bond acceptors (Lipinski definition) is 5. The van der Waals surface area contributed by atoms with Crippen LogP contribution in [0.25, 0.3) is 22.4 Å². The van der Waals surface area contributed by atoms with E-state index in [4.69, 9.17) is 0 Å². The van der Waals surface area contributed by atoms with E-state index in [2.05, 4.69) is 20.8 Å². The smallest absolute Gasteiger partial charge is 0.265 e. The van der Waals surface area contributed by atoms with Gasteiger partial charge in [-0.2, -0.15) is 5.26 Å². The molecule has 3 aromatic heterocycles. The molecule has 1 saturated carbocycles. The number of sulfonamides is 1. The summed E-state index contributed by atoms with van der Waals surface area (Å²) >= 11 is 0. The van der Waals surface area contributed by atoms with Gasteiger partial charge in [0, 0.05) is 35.4 Å². The molecule has 0 radical (unpaired) electrons. The average molecular weight is 445 g/mol. The molecule has 1 aliphatic rings. The molecule has 0 aliphatic heterocycles. The molecule has 3 aromatic rings. The summed E-state index contributed by atoms with van der Waals surface area (Å²) < 4.78 is 55.7. The molecular formula is C21H21F2N5O2S. The van der Waals surface area contributed by atoms with Crippen molar-refractivity contribution in [1.82, 2.24) is 19.3 Å². The summed E-state index contributed by atoms with van der Waals surface area (Å²) in [4.78, 5) is 8.57. The Morgan fingerprint density at radius 1 is 1.23 bits per heavy atom. The molecule has 0 aromatic carbocycles. The molecule has 31 heavy (non-hydrogen) atoms. The van der Waals surface area contributed by atoms with E-state index in [0.717, 1.165) is 25.5 Å². The van der Waals surface area contributed by atoms with Crippen LogP contribution in [-0.2, 0) is 10.0 Å². The Bertz CT molecular complexity index is 1270. The van der Waals surface area contributed by atoms with Crippen LogP contribution < -0.4 is 4.72 Å². The Hall–Kier alpha value is -2.90. The van der Waals surface area contributed by atoms with Gasteiger partial charge in [-0.15, -0.1) is 0 Å². The molecule has 4 rings (SSSR count). The fraction of sp³-hybridized carbons (Fsp3) is 0.381. The minimum Gasteiger partial charge on any atom is -0.320 e. The van der Waals surface area contributed by atoms with Gasteiger partial charge in [0.25, 0.3) is 6.43 Å². The Morgan fingerprint density at radius 2 is 1.97 bits per heavy atom. The number of hydrogen-bond donors (Lipinski definition) is 1. The van der Waals surface area contributed by atoms with Crippen LogP contribution in [0.2, 0.25) is 0 Å². The SMILES string of the molecule is CC(C)NS(=O)(=O)c1ccc(-c2c(C#N)c3cc(C(F)F)cnc3n2C2CCC2)nc1. The largest absolute Gasteiger partial charge is 0.320 e. The number of pyridine rings is 2. The van der Waals surface area contributed by atoms with Gasteiger partial charge in [0.15, 0.2) is 0 Å². The maximum Gasteiger partial charge on any atom is 0.265 e. The van der Waals surface area contributed by atoms with E-state index in [1.807, 2.05) is 4.57 Å². The van der Waals surface area contributed by atoms with Crippen LogP contribution >= 0.6 is 0 Å². The summed E-state index contributed by atoms with van der Waals surface area (Å²) in [5.74, 6) is 0. The third-order valence-corrected chi connectivity index (χ3v) is 6.99. The van der Waals surface area contributed by atoms with Crippen LogP contribution in [0.4, 0.5) is 8.78 Å². The number of nitrogens with zero attached hydrogens (tertiary/aromatic N) is 4. The van der Waals surface area contributed by atoms with Crippen molar-refractivity contribution in [1.29, 1.82) is 5.26 Å². The summed E-state index contributed by atoms with van der Waals surface area (Å²) in [7, 11) is -3.71.